The molecule has 0 aliphatic carbocycles. The molecule has 2 aromatic rings. The summed E-state index contributed by atoms with van der Waals surface area (Å²) in [5.41, 5.74) is 2.47. The van der Waals surface area contributed by atoms with Crippen molar-refractivity contribution < 1.29 is 4.79 Å². The fourth-order valence-corrected chi connectivity index (χ4v) is 2.24. The predicted octanol–water partition coefficient (Wildman–Crippen LogP) is 4.76. The Morgan fingerprint density at radius 3 is 2.60 bits per heavy atom. The molecule has 104 valence electrons. The Bertz CT molecular complexity index is 661. The number of anilines is 2. The first-order chi connectivity index (χ1) is 9.45. The monoisotopic (exact) mass is 353 g/mol. The number of hydrogen-bond donors (Lipinski definition) is 2. The number of pyridine rings is 1. The molecule has 0 spiro atoms. The van der Waals surface area contributed by atoms with Gasteiger partial charge in [0.2, 0.25) is 0 Å². The van der Waals surface area contributed by atoms with Crippen LogP contribution in [-0.2, 0) is 0 Å². The first kappa shape index (κ1) is 14.8. The summed E-state index contributed by atoms with van der Waals surface area (Å²) in [5.74, 6) is 0.518. The third-order valence-corrected chi connectivity index (χ3v) is 3.55. The Hall–Kier alpha value is -1.59. The second-order valence-corrected chi connectivity index (χ2v) is 5.69. The second kappa shape index (κ2) is 6.24. The lowest BCUT2D eigenvalue weighted by Crippen LogP contribution is -2.20. The van der Waals surface area contributed by atoms with Crippen LogP contribution in [0.2, 0.25) is 5.02 Å². The Balaban J connectivity index is 2.07. The van der Waals surface area contributed by atoms with E-state index in [9.17, 15) is 4.79 Å². The van der Waals surface area contributed by atoms with E-state index >= 15 is 0 Å². The number of halogens is 2. The van der Waals surface area contributed by atoms with Crippen molar-refractivity contribution in [3.8, 4) is 0 Å². The molecule has 0 fully saturated rings. The van der Waals surface area contributed by atoms with E-state index in [1.165, 1.54) is 0 Å². The standard InChI is InChI=1S/C14H13BrClN3O/c1-8-3-4-11(6-12(8)16)18-14(20)19-13-9(2)5-10(15)7-17-13/h3-7H,1-2H3,(H2,17,18,19,20). The molecule has 2 amide bonds. The van der Waals surface area contributed by atoms with Gasteiger partial charge in [-0.05, 0) is 59.1 Å². The average molecular weight is 355 g/mol. The minimum Gasteiger partial charge on any atom is -0.308 e. The molecule has 0 atom stereocenters. The van der Waals surface area contributed by atoms with Crippen molar-refractivity contribution in [2.75, 3.05) is 10.6 Å². The molecular weight excluding hydrogens is 342 g/mol. The van der Waals surface area contributed by atoms with Gasteiger partial charge in [-0.1, -0.05) is 17.7 Å². The van der Waals surface area contributed by atoms with Crippen molar-refractivity contribution in [3.05, 3.63) is 51.1 Å². The quantitative estimate of drug-likeness (QED) is 0.817. The summed E-state index contributed by atoms with van der Waals surface area (Å²) in [7, 11) is 0. The Kier molecular flexibility index (Phi) is 4.62. The number of amides is 2. The molecule has 0 unspecified atom stereocenters. The zero-order chi connectivity index (χ0) is 14.7. The summed E-state index contributed by atoms with van der Waals surface area (Å²) in [4.78, 5) is 16.0. The lowest BCUT2D eigenvalue weighted by molar-refractivity contribution is 0.262. The van der Waals surface area contributed by atoms with Gasteiger partial charge in [-0.3, -0.25) is 5.32 Å². The molecule has 20 heavy (non-hydrogen) atoms. The Labute approximate surface area is 130 Å². The topological polar surface area (TPSA) is 54.0 Å². The normalized spacial score (nSPS) is 10.2. The van der Waals surface area contributed by atoms with Crippen molar-refractivity contribution in [3.63, 3.8) is 0 Å². The van der Waals surface area contributed by atoms with Gasteiger partial charge in [-0.15, -0.1) is 0 Å². The first-order valence-corrected chi connectivity index (χ1v) is 7.09. The molecule has 2 N–H and O–H groups in total. The van der Waals surface area contributed by atoms with Crippen molar-refractivity contribution in [1.29, 1.82) is 0 Å². The molecule has 1 heterocycles. The number of carbonyl (C=O) groups is 1. The highest BCUT2D eigenvalue weighted by molar-refractivity contribution is 9.10. The van der Waals surface area contributed by atoms with E-state index in [0.29, 0.717) is 16.5 Å². The van der Waals surface area contributed by atoms with E-state index in [4.69, 9.17) is 11.6 Å². The fourth-order valence-electron chi connectivity index (χ4n) is 1.61. The number of aryl methyl sites for hydroxylation is 2. The van der Waals surface area contributed by atoms with Crippen LogP contribution in [-0.4, -0.2) is 11.0 Å². The van der Waals surface area contributed by atoms with Gasteiger partial charge in [-0.25, -0.2) is 9.78 Å². The highest BCUT2D eigenvalue weighted by atomic mass is 79.9. The Morgan fingerprint density at radius 1 is 1.20 bits per heavy atom. The van der Waals surface area contributed by atoms with Crippen LogP contribution >= 0.6 is 27.5 Å². The van der Waals surface area contributed by atoms with Crippen molar-refractivity contribution >= 4 is 45.1 Å². The third-order valence-electron chi connectivity index (χ3n) is 2.71. The van der Waals surface area contributed by atoms with Crippen LogP contribution in [0.1, 0.15) is 11.1 Å². The van der Waals surface area contributed by atoms with Crippen LogP contribution in [0.15, 0.2) is 34.9 Å². The maximum absolute atomic E-state index is 11.9. The van der Waals surface area contributed by atoms with E-state index in [1.807, 2.05) is 26.0 Å². The number of aromatic nitrogens is 1. The highest BCUT2D eigenvalue weighted by Crippen LogP contribution is 2.21. The minimum absolute atomic E-state index is 0.358. The van der Waals surface area contributed by atoms with Gasteiger partial charge in [0.1, 0.15) is 5.82 Å². The SMILES string of the molecule is Cc1ccc(NC(=O)Nc2ncc(Br)cc2C)cc1Cl. The lowest BCUT2D eigenvalue weighted by atomic mass is 10.2. The summed E-state index contributed by atoms with van der Waals surface area (Å²) >= 11 is 9.34. The summed E-state index contributed by atoms with van der Waals surface area (Å²) in [5, 5.41) is 6.02. The predicted molar refractivity (Wildman–Crippen MR) is 85.5 cm³/mol. The molecule has 0 aliphatic rings. The highest BCUT2D eigenvalue weighted by Gasteiger charge is 2.07. The minimum atomic E-state index is -0.358. The van der Waals surface area contributed by atoms with Crippen LogP contribution in [0, 0.1) is 13.8 Å². The third kappa shape index (κ3) is 3.71. The molecule has 0 saturated carbocycles. The lowest BCUT2D eigenvalue weighted by Gasteiger charge is -2.10. The molecule has 0 saturated heterocycles. The molecule has 6 heteroatoms. The smallest absolute Gasteiger partial charge is 0.308 e. The number of carbonyl (C=O) groups excluding carboxylic acids is 1. The van der Waals surface area contributed by atoms with Crippen molar-refractivity contribution in [1.82, 2.24) is 4.98 Å². The molecule has 2 rings (SSSR count). The van der Waals surface area contributed by atoms with Crippen molar-refractivity contribution in [2.45, 2.75) is 13.8 Å². The largest absolute Gasteiger partial charge is 0.324 e. The van der Waals surface area contributed by atoms with E-state index in [0.717, 1.165) is 15.6 Å². The maximum Gasteiger partial charge on any atom is 0.324 e. The van der Waals surface area contributed by atoms with Crippen LogP contribution in [0.3, 0.4) is 0 Å². The fraction of sp³-hybridized carbons (Fsp3) is 0.143. The number of nitrogens with one attached hydrogen (secondary N) is 2. The average Bonchev–Trinajstić information content (AvgIpc) is 2.37. The van der Waals surface area contributed by atoms with Gasteiger partial charge >= 0.3 is 6.03 Å². The van der Waals surface area contributed by atoms with Crippen LogP contribution < -0.4 is 10.6 Å². The molecular formula is C14H13BrClN3O. The number of urea groups is 1. The van der Waals surface area contributed by atoms with Crippen molar-refractivity contribution in [2.24, 2.45) is 0 Å². The first-order valence-electron chi connectivity index (χ1n) is 5.92. The molecule has 4 nitrogen and oxygen atoms in total. The van der Waals surface area contributed by atoms with E-state index < -0.39 is 0 Å². The Morgan fingerprint density at radius 2 is 1.95 bits per heavy atom. The van der Waals surface area contributed by atoms with Gasteiger partial charge in [0.05, 0.1) is 0 Å². The molecule has 1 aromatic carbocycles. The van der Waals surface area contributed by atoms with Gasteiger partial charge < -0.3 is 5.32 Å². The van der Waals surface area contributed by atoms with Crippen LogP contribution in [0.4, 0.5) is 16.3 Å². The zero-order valence-corrected chi connectivity index (χ0v) is 13.3. The maximum atomic E-state index is 11.9. The summed E-state index contributed by atoms with van der Waals surface area (Å²) in [6.07, 6.45) is 1.63. The zero-order valence-electron chi connectivity index (χ0n) is 11.0. The second-order valence-electron chi connectivity index (χ2n) is 4.36. The summed E-state index contributed by atoms with van der Waals surface area (Å²) < 4.78 is 0.867. The van der Waals surface area contributed by atoms with E-state index in [2.05, 4.69) is 31.5 Å². The van der Waals surface area contributed by atoms with Gasteiger partial charge in [-0.2, -0.15) is 0 Å². The van der Waals surface area contributed by atoms with Gasteiger partial charge in [0, 0.05) is 21.4 Å². The number of rotatable bonds is 2. The molecule has 0 radical (unpaired) electrons. The van der Waals surface area contributed by atoms with E-state index in [-0.39, 0.29) is 6.03 Å². The van der Waals surface area contributed by atoms with Gasteiger partial charge in [0.25, 0.3) is 0 Å². The summed E-state index contributed by atoms with van der Waals surface area (Å²) in [6, 6.07) is 6.87. The van der Waals surface area contributed by atoms with Crippen LogP contribution in [0.25, 0.3) is 0 Å². The molecule has 0 bridgehead atoms. The van der Waals surface area contributed by atoms with E-state index in [1.54, 1.807) is 18.3 Å². The number of hydrogen-bond acceptors (Lipinski definition) is 2. The molecule has 1 aromatic heterocycles. The number of benzene rings is 1. The van der Waals surface area contributed by atoms with Gasteiger partial charge in [0.15, 0.2) is 0 Å². The number of nitrogens with zero attached hydrogens (tertiary/aromatic N) is 1. The summed E-state index contributed by atoms with van der Waals surface area (Å²) in [6.45, 7) is 3.78. The molecule has 0 aliphatic heterocycles. The van der Waals surface area contributed by atoms with Crippen LogP contribution in [0.5, 0.6) is 0 Å².